The van der Waals surface area contributed by atoms with E-state index in [1.807, 2.05) is 26.0 Å². The molecule has 0 saturated carbocycles. The molecule has 7 nitrogen and oxygen atoms in total. The molecule has 0 saturated heterocycles. The van der Waals surface area contributed by atoms with Crippen LogP contribution in [-0.4, -0.2) is 28.0 Å². The van der Waals surface area contributed by atoms with Crippen LogP contribution in [0.5, 0.6) is 5.75 Å². The zero-order valence-corrected chi connectivity index (χ0v) is 17.3. The minimum atomic E-state index is -0.393. The smallest absolute Gasteiger partial charge is 0.277 e. The quantitative estimate of drug-likeness (QED) is 0.493. The lowest BCUT2D eigenvalue weighted by atomic mass is 10.1. The molecule has 0 atom stereocenters. The number of carbonyl (C=O) groups is 1. The van der Waals surface area contributed by atoms with Gasteiger partial charge in [-0.1, -0.05) is 17.3 Å². The predicted octanol–water partition coefficient (Wildman–Crippen LogP) is 4.60. The van der Waals surface area contributed by atoms with E-state index in [0.29, 0.717) is 23.7 Å². The number of rotatable bonds is 6. The third kappa shape index (κ3) is 4.32. The van der Waals surface area contributed by atoms with Crippen LogP contribution >= 0.6 is 0 Å². The number of aromatic nitrogens is 3. The van der Waals surface area contributed by atoms with Crippen LogP contribution < -0.4 is 10.1 Å². The summed E-state index contributed by atoms with van der Waals surface area (Å²) in [6.45, 7) is 4.15. The van der Waals surface area contributed by atoms with E-state index in [1.165, 1.54) is 12.1 Å². The highest BCUT2D eigenvalue weighted by molar-refractivity contribution is 6.03. The number of aryl methyl sites for hydroxylation is 1. The molecule has 0 aliphatic heterocycles. The number of hydrogen-bond donors (Lipinski definition) is 1. The number of carbonyl (C=O) groups excluding carboxylic acids is 1. The highest BCUT2D eigenvalue weighted by atomic mass is 19.1. The first-order chi connectivity index (χ1) is 14.9. The number of anilines is 1. The average Bonchev–Trinajstić information content (AvgIpc) is 3.37. The molecule has 0 unspecified atom stereocenters. The summed E-state index contributed by atoms with van der Waals surface area (Å²) in [5, 5.41) is 11.3. The first kappa shape index (κ1) is 20.3. The predicted molar refractivity (Wildman–Crippen MR) is 114 cm³/mol. The SMILES string of the molecule is COc1ccc(-c2cc(C(=O)Nc3c(C)nn(Cc4ccc(F)cc4)c3C)no2)cc1. The Hall–Kier alpha value is -3.94. The Morgan fingerprint density at radius 2 is 1.84 bits per heavy atom. The van der Waals surface area contributed by atoms with Crippen molar-refractivity contribution in [1.29, 1.82) is 0 Å². The number of halogens is 1. The van der Waals surface area contributed by atoms with Crippen molar-refractivity contribution in [2.75, 3.05) is 12.4 Å². The van der Waals surface area contributed by atoms with Gasteiger partial charge in [-0.2, -0.15) is 5.10 Å². The molecule has 2 aromatic heterocycles. The highest BCUT2D eigenvalue weighted by Gasteiger charge is 2.19. The van der Waals surface area contributed by atoms with Crippen LogP contribution in [0.15, 0.2) is 59.1 Å². The zero-order valence-electron chi connectivity index (χ0n) is 17.3. The molecule has 0 aliphatic rings. The van der Waals surface area contributed by atoms with E-state index >= 15 is 0 Å². The van der Waals surface area contributed by atoms with Crippen molar-refractivity contribution in [2.24, 2.45) is 0 Å². The lowest BCUT2D eigenvalue weighted by molar-refractivity contribution is 0.101. The van der Waals surface area contributed by atoms with Crippen LogP contribution in [0.4, 0.5) is 10.1 Å². The van der Waals surface area contributed by atoms with Gasteiger partial charge in [0.1, 0.15) is 11.6 Å². The molecule has 158 valence electrons. The van der Waals surface area contributed by atoms with Gasteiger partial charge in [-0.3, -0.25) is 9.48 Å². The second-order valence-corrected chi connectivity index (χ2v) is 7.09. The maximum Gasteiger partial charge on any atom is 0.277 e. The van der Waals surface area contributed by atoms with Gasteiger partial charge in [-0.05, 0) is 55.8 Å². The van der Waals surface area contributed by atoms with Gasteiger partial charge < -0.3 is 14.6 Å². The molecule has 0 fully saturated rings. The largest absolute Gasteiger partial charge is 0.497 e. The Morgan fingerprint density at radius 1 is 1.13 bits per heavy atom. The van der Waals surface area contributed by atoms with Crippen LogP contribution in [0.2, 0.25) is 0 Å². The number of nitrogens with one attached hydrogen (secondary N) is 1. The molecule has 1 N–H and O–H groups in total. The molecule has 2 aromatic carbocycles. The van der Waals surface area contributed by atoms with Gasteiger partial charge in [0.15, 0.2) is 11.5 Å². The van der Waals surface area contributed by atoms with Crippen LogP contribution in [0.3, 0.4) is 0 Å². The third-order valence-corrected chi connectivity index (χ3v) is 4.98. The van der Waals surface area contributed by atoms with E-state index < -0.39 is 5.91 Å². The van der Waals surface area contributed by atoms with E-state index in [9.17, 15) is 9.18 Å². The lowest BCUT2D eigenvalue weighted by Gasteiger charge is -2.06. The molecule has 1 amide bonds. The molecule has 4 aromatic rings. The maximum absolute atomic E-state index is 13.1. The van der Waals surface area contributed by atoms with Gasteiger partial charge in [0.25, 0.3) is 5.91 Å². The summed E-state index contributed by atoms with van der Waals surface area (Å²) in [5.41, 5.74) is 3.93. The van der Waals surface area contributed by atoms with Crippen LogP contribution in [0, 0.1) is 19.7 Å². The molecule has 4 rings (SSSR count). The molecular formula is C23H21FN4O3. The van der Waals surface area contributed by atoms with E-state index in [-0.39, 0.29) is 11.5 Å². The third-order valence-electron chi connectivity index (χ3n) is 4.98. The fraction of sp³-hybridized carbons (Fsp3) is 0.174. The second kappa shape index (κ2) is 8.43. The van der Waals surface area contributed by atoms with Gasteiger partial charge >= 0.3 is 0 Å². The summed E-state index contributed by atoms with van der Waals surface area (Å²) in [7, 11) is 1.59. The Balaban J connectivity index is 1.50. The molecule has 8 heteroatoms. The van der Waals surface area contributed by atoms with E-state index in [1.54, 1.807) is 42.1 Å². The fourth-order valence-electron chi connectivity index (χ4n) is 3.25. The molecule has 0 spiro atoms. The maximum atomic E-state index is 13.1. The summed E-state index contributed by atoms with van der Waals surface area (Å²) in [6.07, 6.45) is 0. The van der Waals surface area contributed by atoms with Crippen molar-refractivity contribution in [3.63, 3.8) is 0 Å². The topological polar surface area (TPSA) is 82.2 Å². The lowest BCUT2D eigenvalue weighted by Crippen LogP contribution is -2.13. The number of methoxy groups -OCH3 is 1. The van der Waals surface area contributed by atoms with Crippen molar-refractivity contribution in [3.05, 3.63) is 83.1 Å². The van der Waals surface area contributed by atoms with Crippen molar-refractivity contribution in [3.8, 4) is 17.1 Å². The van der Waals surface area contributed by atoms with Crippen LogP contribution in [0.1, 0.15) is 27.4 Å². The summed E-state index contributed by atoms with van der Waals surface area (Å²) >= 11 is 0. The number of ether oxygens (including phenoxy) is 1. The number of nitrogens with zero attached hydrogens (tertiary/aromatic N) is 3. The van der Waals surface area contributed by atoms with Crippen molar-refractivity contribution in [1.82, 2.24) is 14.9 Å². The number of amides is 1. The van der Waals surface area contributed by atoms with Gasteiger partial charge in [-0.25, -0.2) is 4.39 Å². The minimum absolute atomic E-state index is 0.163. The van der Waals surface area contributed by atoms with Crippen molar-refractivity contribution in [2.45, 2.75) is 20.4 Å². The average molecular weight is 420 g/mol. The molecule has 0 aliphatic carbocycles. The summed E-state index contributed by atoms with van der Waals surface area (Å²) in [5.74, 6) is 0.529. The molecule has 2 heterocycles. The van der Waals surface area contributed by atoms with Gasteiger partial charge in [-0.15, -0.1) is 0 Å². The van der Waals surface area contributed by atoms with Crippen LogP contribution in [0.25, 0.3) is 11.3 Å². The number of benzene rings is 2. The van der Waals surface area contributed by atoms with Gasteiger partial charge in [0.2, 0.25) is 0 Å². The first-order valence-electron chi connectivity index (χ1n) is 9.65. The highest BCUT2D eigenvalue weighted by Crippen LogP contribution is 2.25. The molecular weight excluding hydrogens is 399 g/mol. The van der Waals surface area contributed by atoms with Crippen molar-refractivity contribution >= 4 is 11.6 Å². The standard InChI is InChI=1S/C23H21FN4O3/c1-14-22(15(2)28(26-14)13-16-4-8-18(24)9-5-16)25-23(29)20-12-21(31-27-20)17-6-10-19(30-3)11-7-17/h4-12H,13H2,1-3H3,(H,25,29). The molecule has 0 radical (unpaired) electrons. The number of hydrogen-bond acceptors (Lipinski definition) is 5. The fourth-order valence-corrected chi connectivity index (χ4v) is 3.25. The monoisotopic (exact) mass is 420 g/mol. The molecule has 0 bridgehead atoms. The van der Waals surface area contributed by atoms with Crippen LogP contribution in [-0.2, 0) is 6.54 Å². The Labute approximate surface area is 178 Å². The summed E-state index contributed by atoms with van der Waals surface area (Å²) in [4.78, 5) is 12.7. The van der Waals surface area contributed by atoms with Crippen molar-refractivity contribution < 1.29 is 18.4 Å². The second-order valence-electron chi connectivity index (χ2n) is 7.09. The van der Waals surface area contributed by atoms with E-state index in [0.717, 1.165) is 22.6 Å². The Bertz CT molecular complexity index is 1210. The van der Waals surface area contributed by atoms with Gasteiger partial charge in [0, 0.05) is 11.6 Å². The summed E-state index contributed by atoms with van der Waals surface area (Å²) < 4.78 is 25.4. The van der Waals surface area contributed by atoms with Gasteiger partial charge in [0.05, 0.1) is 30.7 Å². The van der Waals surface area contributed by atoms with E-state index in [2.05, 4.69) is 15.6 Å². The minimum Gasteiger partial charge on any atom is -0.497 e. The first-order valence-corrected chi connectivity index (χ1v) is 9.65. The normalized spacial score (nSPS) is 10.8. The zero-order chi connectivity index (χ0) is 22.0. The molecule has 31 heavy (non-hydrogen) atoms. The Kier molecular flexibility index (Phi) is 5.53. The Morgan fingerprint density at radius 3 is 2.52 bits per heavy atom. The van der Waals surface area contributed by atoms with E-state index in [4.69, 9.17) is 9.26 Å². The summed E-state index contributed by atoms with van der Waals surface area (Å²) in [6, 6.07) is 15.1.